The van der Waals surface area contributed by atoms with E-state index in [0.29, 0.717) is 11.6 Å². The van der Waals surface area contributed by atoms with Crippen molar-refractivity contribution in [1.29, 1.82) is 0 Å². The van der Waals surface area contributed by atoms with E-state index < -0.39 is 5.97 Å². The summed E-state index contributed by atoms with van der Waals surface area (Å²) < 4.78 is 4.99. The van der Waals surface area contributed by atoms with Crippen LogP contribution in [0, 0.1) is 5.92 Å². The monoisotopic (exact) mass is 264 g/mol. The number of methoxy groups -OCH3 is 1. The number of carboxylic acid groups (broad SMARTS) is 1. The second kappa shape index (κ2) is 5.17. The highest BCUT2D eigenvalue weighted by atomic mass is 16.5. The van der Waals surface area contributed by atoms with Gasteiger partial charge in [-0.25, -0.2) is 9.59 Å². The number of hydrogen-bond donors (Lipinski definition) is 3. The predicted molar refractivity (Wildman–Crippen MR) is 69.7 cm³/mol. The first-order chi connectivity index (χ1) is 9.01. The lowest BCUT2D eigenvalue weighted by molar-refractivity contribution is 0.0693. The highest BCUT2D eigenvalue weighted by molar-refractivity contribution is 5.94. The number of anilines is 1. The van der Waals surface area contributed by atoms with Gasteiger partial charge in [-0.2, -0.15) is 0 Å². The van der Waals surface area contributed by atoms with E-state index in [1.165, 1.54) is 25.3 Å². The minimum Gasteiger partial charge on any atom is -0.496 e. The van der Waals surface area contributed by atoms with E-state index in [4.69, 9.17) is 9.84 Å². The van der Waals surface area contributed by atoms with Gasteiger partial charge in [-0.15, -0.1) is 0 Å². The minimum atomic E-state index is -1.07. The number of carbonyl (C=O) groups is 2. The molecule has 1 aromatic rings. The molecule has 1 saturated carbocycles. The summed E-state index contributed by atoms with van der Waals surface area (Å²) in [5.74, 6) is -0.334. The van der Waals surface area contributed by atoms with E-state index >= 15 is 0 Å². The molecular weight excluding hydrogens is 248 g/mol. The lowest BCUT2D eigenvalue weighted by Gasteiger charge is -2.10. The third-order valence-corrected chi connectivity index (χ3v) is 3.12. The Labute approximate surface area is 110 Å². The molecule has 2 atom stereocenters. The Bertz CT molecular complexity index is 515. The van der Waals surface area contributed by atoms with Crippen molar-refractivity contribution in [2.45, 2.75) is 19.4 Å². The molecule has 0 spiro atoms. The number of aromatic carboxylic acids is 1. The fraction of sp³-hybridized carbons (Fsp3) is 0.385. The SMILES string of the molecule is COc1cc(NC(=O)NC2CC2C)ccc1C(=O)O. The van der Waals surface area contributed by atoms with E-state index in [2.05, 4.69) is 17.6 Å². The third kappa shape index (κ3) is 3.15. The number of urea groups is 1. The van der Waals surface area contributed by atoms with Crippen LogP contribution in [0.15, 0.2) is 18.2 Å². The Morgan fingerprint density at radius 3 is 2.63 bits per heavy atom. The lowest BCUT2D eigenvalue weighted by atomic mass is 10.2. The number of rotatable bonds is 4. The Hall–Kier alpha value is -2.24. The smallest absolute Gasteiger partial charge is 0.339 e. The van der Waals surface area contributed by atoms with Crippen LogP contribution in [0.3, 0.4) is 0 Å². The zero-order valence-electron chi connectivity index (χ0n) is 10.8. The predicted octanol–water partition coefficient (Wildman–Crippen LogP) is 1.92. The number of ether oxygens (including phenoxy) is 1. The summed E-state index contributed by atoms with van der Waals surface area (Å²) in [6.45, 7) is 2.07. The third-order valence-electron chi connectivity index (χ3n) is 3.12. The molecule has 102 valence electrons. The van der Waals surface area contributed by atoms with Gasteiger partial charge in [-0.1, -0.05) is 6.92 Å². The zero-order chi connectivity index (χ0) is 14.0. The molecule has 6 heteroatoms. The minimum absolute atomic E-state index is 0.0595. The fourth-order valence-electron chi connectivity index (χ4n) is 1.80. The topological polar surface area (TPSA) is 87.7 Å². The normalized spacial score (nSPS) is 20.5. The maximum absolute atomic E-state index is 11.6. The van der Waals surface area contributed by atoms with Crippen molar-refractivity contribution in [3.8, 4) is 5.75 Å². The maximum atomic E-state index is 11.6. The number of amides is 2. The van der Waals surface area contributed by atoms with Gasteiger partial charge in [-0.05, 0) is 24.5 Å². The van der Waals surface area contributed by atoms with E-state index in [0.717, 1.165) is 6.42 Å². The summed E-state index contributed by atoms with van der Waals surface area (Å²) in [6, 6.07) is 4.36. The summed E-state index contributed by atoms with van der Waals surface area (Å²) in [5, 5.41) is 14.4. The van der Waals surface area contributed by atoms with Crippen molar-refractivity contribution in [3.05, 3.63) is 23.8 Å². The summed E-state index contributed by atoms with van der Waals surface area (Å²) in [6.07, 6.45) is 0.995. The Morgan fingerprint density at radius 1 is 1.42 bits per heavy atom. The molecule has 0 radical (unpaired) electrons. The van der Waals surface area contributed by atoms with Crippen LogP contribution in [0.25, 0.3) is 0 Å². The number of nitrogens with one attached hydrogen (secondary N) is 2. The second-order valence-corrected chi connectivity index (χ2v) is 4.64. The average molecular weight is 264 g/mol. The van der Waals surface area contributed by atoms with Gasteiger partial charge in [0.25, 0.3) is 0 Å². The average Bonchev–Trinajstić information content (AvgIpc) is 3.03. The van der Waals surface area contributed by atoms with Crippen LogP contribution < -0.4 is 15.4 Å². The van der Waals surface area contributed by atoms with Crippen LogP contribution in [0.2, 0.25) is 0 Å². The van der Waals surface area contributed by atoms with E-state index in [1.54, 1.807) is 0 Å². The molecule has 2 rings (SSSR count). The van der Waals surface area contributed by atoms with Crippen LogP contribution in [-0.2, 0) is 0 Å². The van der Waals surface area contributed by atoms with Crippen molar-refractivity contribution in [2.24, 2.45) is 5.92 Å². The molecule has 0 saturated heterocycles. The molecule has 1 aliphatic rings. The van der Waals surface area contributed by atoms with Gasteiger partial charge in [0.1, 0.15) is 11.3 Å². The van der Waals surface area contributed by atoms with Crippen LogP contribution in [0.4, 0.5) is 10.5 Å². The summed E-state index contributed by atoms with van der Waals surface area (Å²) in [4.78, 5) is 22.6. The van der Waals surface area contributed by atoms with Gasteiger partial charge in [0, 0.05) is 17.8 Å². The molecule has 0 aromatic heterocycles. The van der Waals surface area contributed by atoms with Crippen molar-refractivity contribution < 1.29 is 19.4 Å². The highest BCUT2D eigenvalue weighted by Crippen LogP contribution is 2.29. The Balaban J connectivity index is 2.04. The van der Waals surface area contributed by atoms with Gasteiger partial charge in [0.2, 0.25) is 0 Å². The molecule has 1 aliphatic carbocycles. The lowest BCUT2D eigenvalue weighted by Crippen LogP contribution is -2.31. The first-order valence-corrected chi connectivity index (χ1v) is 6.00. The standard InChI is InChI=1S/C13H16N2O4/c1-7-5-10(7)15-13(18)14-8-3-4-9(12(16)17)11(6-8)19-2/h3-4,6-7,10H,5H2,1-2H3,(H,16,17)(H2,14,15,18). The molecule has 2 unspecified atom stereocenters. The van der Waals surface area contributed by atoms with E-state index in [9.17, 15) is 9.59 Å². The highest BCUT2D eigenvalue weighted by Gasteiger charge is 2.33. The number of carbonyl (C=O) groups excluding carboxylic acids is 1. The van der Waals surface area contributed by atoms with Gasteiger partial charge >= 0.3 is 12.0 Å². The molecule has 0 aliphatic heterocycles. The van der Waals surface area contributed by atoms with Crippen LogP contribution in [0.5, 0.6) is 5.75 Å². The molecule has 0 bridgehead atoms. The van der Waals surface area contributed by atoms with Gasteiger partial charge in [0.15, 0.2) is 0 Å². The van der Waals surface area contributed by atoms with E-state index in [1.807, 2.05) is 0 Å². The van der Waals surface area contributed by atoms with Gasteiger partial charge in [0.05, 0.1) is 7.11 Å². The van der Waals surface area contributed by atoms with E-state index in [-0.39, 0.29) is 23.4 Å². The van der Waals surface area contributed by atoms with Crippen LogP contribution in [-0.4, -0.2) is 30.3 Å². The molecule has 1 aromatic carbocycles. The second-order valence-electron chi connectivity index (χ2n) is 4.64. The number of benzene rings is 1. The first-order valence-electron chi connectivity index (χ1n) is 6.00. The number of hydrogen-bond acceptors (Lipinski definition) is 3. The maximum Gasteiger partial charge on any atom is 0.339 e. The van der Waals surface area contributed by atoms with Gasteiger partial charge < -0.3 is 20.5 Å². The Kier molecular flexibility index (Phi) is 3.59. The molecule has 1 fully saturated rings. The van der Waals surface area contributed by atoms with Crippen LogP contribution >= 0.6 is 0 Å². The van der Waals surface area contributed by atoms with Crippen molar-refractivity contribution >= 4 is 17.7 Å². The molecular formula is C13H16N2O4. The number of carboxylic acids is 1. The summed E-state index contributed by atoms with van der Waals surface area (Å²) >= 11 is 0. The van der Waals surface area contributed by atoms with Crippen LogP contribution in [0.1, 0.15) is 23.7 Å². The summed E-state index contributed by atoms with van der Waals surface area (Å²) in [7, 11) is 1.39. The first kappa shape index (κ1) is 13.2. The van der Waals surface area contributed by atoms with Gasteiger partial charge in [-0.3, -0.25) is 0 Å². The van der Waals surface area contributed by atoms with Crippen molar-refractivity contribution in [3.63, 3.8) is 0 Å². The summed E-state index contributed by atoms with van der Waals surface area (Å²) in [5.41, 5.74) is 0.553. The molecule has 19 heavy (non-hydrogen) atoms. The fourth-order valence-corrected chi connectivity index (χ4v) is 1.80. The molecule has 3 N–H and O–H groups in total. The molecule has 6 nitrogen and oxygen atoms in total. The molecule has 2 amide bonds. The van der Waals surface area contributed by atoms with Crippen molar-refractivity contribution in [2.75, 3.05) is 12.4 Å². The Morgan fingerprint density at radius 2 is 2.11 bits per heavy atom. The zero-order valence-corrected chi connectivity index (χ0v) is 10.8. The largest absolute Gasteiger partial charge is 0.496 e. The quantitative estimate of drug-likeness (QED) is 0.775. The van der Waals surface area contributed by atoms with Crippen molar-refractivity contribution in [1.82, 2.24) is 5.32 Å². The molecule has 0 heterocycles.